The van der Waals surface area contributed by atoms with Gasteiger partial charge in [0.05, 0.1) is 12.8 Å². The molecule has 0 bridgehead atoms. The van der Waals surface area contributed by atoms with E-state index in [-0.39, 0.29) is 0 Å². The van der Waals surface area contributed by atoms with E-state index in [0.29, 0.717) is 0 Å². The molecule has 1 aromatic carbocycles. The molecule has 0 N–H and O–H groups in total. The lowest BCUT2D eigenvalue weighted by molar-refractivity contribution is 0.303. The van der Waals surface area contributed by atoms with Crippen molar-refractivity contribution in [2.45, 2.75) is 90.4 Å². The van der Waals surface area contributed by atoms with Gasteiger partial charge in [-0.2, -0.15) is 0 Å². The largest absolute Gasteiger partial charge is 0.492 e. The average molecular weight is 418 g/mol. The van der Waals surface area contributed by atoms with Crippen LogP contribution in [0.5, 0.6) is 5.75 Å². The van der Waals surface area contributed by atoms with Gasteiger partial charge >= 0.3 is 0 Å². The van der Waals surface area contributed by atoms with Crippen molar-refractivity contribution in [2.75, 3.05) is 6.61 Å². The zero-order valence-electron chi connectivity index (χ0n) is 19.5. The number of nitrogens with zero attached hydrogens (tertiary/aromatic N) is 1. The Labute approximate surface area is 189 Å². The molecule has 2 heteroatoms. The third-order valence-corrected chi connectivity index (χ3v) is 6.53. The smallest absolute Gasteiger partial charge is 0.137 e. The Morgan fingerprint density at radius 3 is 2.26 bits per heavy atom. The quantitative estimate of drug-likeness (QED) is 0.289. The Bertz CT molecular complexity index is 805. The maximum atomic E-state index is 5.72. The second kappa shape index (κ2) is 13.2. The molecule has 1 aliphatic carbocycles. The van der Waals surface area contributed by atoms with Crippen molar-refractivity contribution in [2.24, 2.45) is 5.92 Å². The Kier molecular flexibility index (Phi) is 9.97. The predicted molar refractivity (Wildman–Crippen MR) is 131 cm³/mol. The maximum Gasteiger partial charge on any atom is 0.137 e. The van der Waals surface area contributed by atoms with Gasteiger partial charge in [-0.15, -0.1) is 0 Å². The Balaban J connectivity index is 1.46. The van der Waals surface area contributed by atoms with E-state index < -0.39 is 0 Å². The monoisotopic (exact) mass is 417 g/mol. The highest BCUT2D eigenvalue weighted by atomic mass is 16.5. The molecule has 1 heterocycles. The van der Waals surface area contributed by atoms with E-state index in [1.807, 2.05) is 12.1 Å². The van der Waals surface area contributed by atoms with E-state index in [2.05, 4.69) is 54.9 Å². The molecule has 0 aliphatic heterocycles. The number of hydrogen-bond donors (Lipinski definition) is 0. The minimum Gasteiger partial charge on any atom is -0.492 e. The molecule has 1 aromatic heterocycles. The topological polar surface area (TPSA) is 22.1 Å². The molecule has 0 saturated heterocycles. The molecule has 1 saturated carbocycles. The first kappa shape index (κ1) is 23.4. The van der Waals surface area contributed by atoms with Crippen molar-refractivity contribution >= 4 is 0 Å². The lowest BCUT2D eigenvalue weighted by atomic mass is 9.77. The molecule has 3 rings (SSSR count). The van der Waals surface area contributed by atoms with Crippen molar-refractivity contribution in [3.05, 3.63) is 59.4 Å². The molecule has 166 valence electrons. The van der Waals surface area contributed by atoms with Gasteiger partial charge in [-0.3, -0.25) is 0 Å². The second-order valence-electron chi connectivity index (χ2n) is 9.02. The summed E-state index contributed by atoms with van der Waals surface area (Å²) in [6.45, 7) is 5.25. The first-order valence-electron chi connectivity index (χ1n) is 12.5. The highest BCUT2D eigenvalue weighted by Gasteiger charge is 2.21. The number of rotatable bonds is 10. The normalized spacial score (nSPS) is 18.3. The molecule has 0 spiro atoms. The molecule has 1 fully saturated rings. The molecular weight excluding hydrogens is 378 g/mol. The summed E-state index contributed by atoms with van der Waals surface area (Å²) in [6.07, 6.45) is 16.4. The SMILES string of the molecule is CCCCCOc1ccc(C#Cc2ccc([C@H]3CC[C@H](CCCCC)CC3)cc2)nc1. The van der Waals surface area contributed by atoms with E-state index in [4.69, 9.17) is 4.74 Å². The summed E-state index contributed by atoms with van der Waals surface area (Å²) in [5.74, 6) is 8.95. The number of aromatic nitrogens is 1. The molecule has 2 aromatic rings. The molecule has 1 aliphatic rings. The van der Waals surface area contributed by atoms with Crippen LogP contribution >= 0.6 is 0 Å². The van der Waals surface area contributed by atoms with Crippen molar-refractivity contribution in [3.63, 3.8) is 0 Å². The summed E-state index contributed by atoms with van der Waals surface area (Å²) in [5.41, 5.74) is 3.32. The summed E-state index contributed by atoms with van der Waals surface area (Å²) in [4.78, 5) is 4.42. The van der Waals surface area contributed by atoms with Crippen molar-refractivity contribution in [1.29, 1.82) is 0 Å². The van der Waals surface area contributed by atoms with Crippen LogP contribution in [0, 0.1) is 17.8 Å². The molecule has 31 heavy (non-hydrogen) atoms. The van der Waals surface area contributed by atoms with Crippen LogP contribution in [0.4, 0.5) is 0 Å². The first-order valence-corrected chi connectivity index (χ1v) is 12.5. The molecule has 0 amide bonds. The third kappa shape index (κ3) is 8.06. The average Bonchev–Trinajstić information content (AvgIpc) is 2.82. The van der Waals surface area contributed by atoms with Gasteiger partial charge in [0.15, 0.2) is 0 Å². The Morgan fingerprint density at radius 1 is 0.839 bits per heavy atom. The van der Waals surface area contributed by atoms with Gasteiger partial charge in [0.2, 0.25) is 0 Å². The van der Waals surface area contributed by atoms with Gasteiger partial charge in [0, 0.05) is 5.56 Å². The summed E-state index contributed by atoms with van der Waals surface area (Å²) in [5, 5.41) is 0. The highest BCUT2D eigenvalue weighted by molar-refractivity contribution is 5.42. The van der Waals surface area contributed by atoms with Gasteiger partial charge in [0.1, 0.15) is 11.4 Å². The molecule has 0 unspecified atom stereocenters. The van der Waals surface area contributed by atoms with Crippen LogP contribution in [-0.4, -0.2) is 11.6 Å². The standard InChI is InChI=1S/C29H39NO/c1-3-5-7-9-24-10-15-26(16-11-24)27-17-12-25(13-18-27)14-19-28-20-21-29(23-30-28)31-22-8-6-4-2/h12-13,17-18,20-21,23-24,26H,3-11,15-16,22H2,1-2H3/t24-,26-. The predicted octanol–water partition coefficient (Wildman–Crippen LogP) is 7.90. The van der Waals surface area contributed by atoms with Crippen LogP contribution in [0.3, 0.4) is 0 Å². The van der Waals surface area contributed by atoms with E-state index in [1.165, 1.54) is 69.8 Å². The van der Waals surface area contributed by atoms with Gasteiger partial charge in [0.25, 0.3) is 0 Å². The lowest BCUT2D eigenvalue weighted by Crippen LogP contribution is -2.13. The van der Waals surface area contributed by atoms with E-state index in [1.54, 1.807) is 6.20 Å². The minimum absolute atomic E-state index is 0.732. The van der Waals surface area contributed by atoms with Gasteiger partial charge in [-0.1, -0.05) is 70.4 Å². The second-order valence-corrected chi connectivity index (χ2v) is 9.02. The van der Waals surface area contributed by atoms with Crippen LogP contribution in [-0.2, 0) is 0 Å². The molecule has 2 nitrogen and oxygen atoms in total. The number of benzene rings is 1. The Morgan fingerprint density at radius 2 is 1.58 bits per heavy atom. The van der Waals surface area contributed by atoms with Gasteiger partial charge in [-0.05, 0) is 79.7 Å². The fraction of sp³-hybridized carbons (Fsp3) is 0.552. The van der Waals surface area contributed by atoms with E-state index in [9.17, 15) is 0 Å². The first-order chi connectivity index (χ1) is 15.3. The van der Waals surface area contributed by atoms with Crippen LogP contribution in [0.2, 0.25) is 0 Å². The van der Waals surface area contributed by atoms with Crippen molar-refractivity contribution in [3.8, 4) is 17.6 Å². The number of unbranched alkanes of at least 4 members (excludes halogenated alkanes) is 4. The summed E-state index contributed by atoms with van der Waals surface area (Å²) in [7, 11) is 0. The zero-order valence-corrected chi connectivity index (χ0v) is 19.5. The Hall–Kier alpha value is -2.27. The molecular formula is C29H39NO. The highest BCUT2D eigenvalue weighted by Crippen LogP contribution is 2.37. The molecule has 0 radical (unpaired) electrons. The fourth-order valence-corrected chi connectivity index (χ4v) is 4.52. The van der Waals surface area contributed by atoms with Crippen molar-refractivity contribution < 1.29 is 4.74 Å². The van der Waals surface area contributed by atoms with Crippen LogP contribution in [0.25, 0.3) is 0 Å². The van der Waals surface area contributed by atoms with Crippen LogP contribution in [0.1, 0.15) is 107 Å². The maximum absolute atomic E-state index is 5.72. The van der Waals surface area contributed by atoms with E-state index >= 15 is 0 Å². The van der Waals surface area contributed by atoms with E-state index in [0.717, 1.165) is 41.9 Å². The summed E-state index contributed by atoms with van der Waals surface area (Å²) in [6, 6.07) is 12.8. The number of hydrogen-bond acceptors (Lipinski definition) is 2. The molecule has 0 atom stereocenters. The van der Waals surface area contributed by atoms with Gasteiger partial charge < -0.3 is 4.74 Å². The lowest BCUT2D eigenvalue weighted by Gasteiger charge is -2.29. The minimum atomic E-state index is 0.732. The van der Waals surface area contributed by atoms with Gasteiger partial charge in [-0.25, -0.2) is 4.98 Å². The zero-order chi connectivity index (χ0) is 21.7. The summed E-state index contributed by atoms with van der Waals surface area (Å²) < 4.78 is 5.72. The number of ether oxygens (including phenoxy) is 1. The fourth-order valence-electron chi connectivity index (χ4n) is 4.52. The van der Waals surface area contributed by atoms with Crippen molar-refractivity contribution in [1.82, 2.24) is 4.98 Å². The van der Waals surface area contributed by atoms with Crippen LogP contribution in [0.15, 0.2) is 42.6 Å². The third-order valence-electron chi connectivity index (χ3n) is 6.53. The number of pyridine rings is 1. The van der Waals surface area contributed by atoms with Crippen LogP contribution < -0.4 is 4.74 Å². The summed E-state index contributed by atoms with van der Waals surface area (Å²) >= 11 is 0.